The van der Waals surface area contributed by atoms with E-state index in [1.807, 2.05) is 6.07 Å². The highest BCUT2D eigenvalue weighted by molar-refractivity contribution is 7.87. The Morgan fingerprint density at radius 2 is 1.00 bits per heavy atom. The molecule has 2 N–H and O–H groups in total. The molecule has 2 aromatic rings. The van der Waals surface area contributed by atoms with Crippen molar-refractivity contribution in [3.63, 3.8) is 0 Å². The Kier molecular flexibility index (Phi) is 14.3. The van der Waals surface area contributed by atoms with Gasteiger partial charge >= 0.3 is 0 Å². The molecule has 2 rings (SSSR count). The van der Waals surface area contributed by atoms with E-state index in [2.05, 4.69) is 13.8 Å². The van der Waals surface area contributed by atoms with Crippen LogP contribution in [0.15, 0.2) is 34.1 Å². The van der Waals surface area contributed by atoms with Gasteiger partial charge in [-0.25, -0.2) is 0 Å². The number of aryl methyl sites for hydroxylation is 2. The van der Waals surface area contributed by atoms with Gasteiger partial charge in [-0.05, 0) is 54.3 Å². The summed E-state index contributed by atoms with van der Waals surface area (Å²) in [4.78, 5) is -0.937. The molecular weight excluding hydrogens is 520 g/mol. The molecule has 0 aliphatic carbocycles. The van der Waals surface area contributed by atoms with E-state index in [9.17, 15) is 25.9 Å². The first kappa shape index (κ1) is 32.7. The molecule has 0 atom stereocenters. The summed E-state index contributed by atoms with van der Waals surface area (Å²) in [5.41, 5.74) is 1.59. The van der Waals surface area contributed by atoms with Gasteiger partial charge in [0.15, 0.2) is 0 Å². The van der Waals surface area contributed by atoms with Crippen molar-refractivity contribution in [3.8, 4) is 0 Å². The Balaban J connectivity index is 2.25. The van der Waals surface area contributed by atoms with Crippen molar-refractivity contribution in [2.75, 3.05) is 0 Å². The summed E-state index contributed by atoms with van der Waals surface area (Å²) in [6, 6.07) is 6.14. The van der Waals surface area contributed by atoms with E-state index < -0.39 is 30.0 Å². The van der Waals surface area contributed by atoms with E-state index in [1.165, 1.54) is 76.3 Å². The van der Waals surface area contributed by atoms with Gasteiger partial charge in [0, 0.05) is 5.39 Å². The molecule has 0 amide bonds. The molecule has 0 saturated heterocycles. The van der Waals surface area contributed by atoms with Crippen molar-refractivity contribution in [1.82, 2.24) is 0 Å². The summed E-state index contributed by atoms with van der Waals surface area (Å²) in [7, 11) is -9.41. The van der Waals surface area contributed by atoms with Crippen LogP contribution in [0, 0.1) is 0 Å². The van der Waals surface area contributed by atoms with Crippen LogP contribution in [0.1, 0.15) is 128 Å². The highest BCUT2D eigenvalue weighted by Gasteiger charge is 2.24. The van der Waals surface area contributed by atoms with Gasteiger partial charge in [0.05, 0.1) is 0 Å². The van der Waals surface area contributed by atoms with Crippen LogP contribution in [0.4, 0.5) is 0 Å². The average Bonchev–Trinajstić information content (AvgIpc) is 2.85. The fraction of sp³-hybridized carbons (Fsp3) is 0.667. The molecule has 6 nitrogen and oxygen atoms in total. The topological polar surface area (TPSA) is 109 Å². The Morgan fingerprint density at radius 1 is 0.553 bits per heavy atom. The second-order valence-electron chi connectivity index (χ2n) is 10.6. The average molecular weight is 569 g/mol. The Morgan fingerprint density at radius 3 is 1.47 bits per heavy atom. The van der Waals surface area contributed by atoms with Crippen LogP contribution in [0.2, 0.25) is 0 Å². The summed E-state index contributed by atoms with van der Waals surface area (Å²) in [6.45, 7) is 4.40. The summed E-state index contributed by atoms with van der Waals surface area (Å²) >= 11 is 0. The molecule has 2 aromatic carbocycles. The van der Waals surface area contributed by atoms with E-state index >= 15 is 0 Å². The smallest absolute Gasteiger partial charge is 0.282 e. The number of benzene rings is 2. The number of rotatable bonds is 20. The lowest BCUT2D eigenvalue weighted by Crippen LogP contribution is -2.07. The molecule has 0 aromatic heterocycles. The molecule has 0 heterocycles. The molecule has 0 radical (unpaired) electrons. The van der Waals surface area contributed by atoms with Crippen molar-refractivity contribution in [1.29, 1.82) is 0 Å². The second kappa shape index (κ2) is 16.6. The maximum atomic E-state index is 12.4. The molecule has 0 bridgehead atoms. The van der Waals surface area contributed by atoms with Crippen LogP contribution in [0.3, 0.4) is 0 Å². The Labute approximate surface area is 231 Å². The zero-order chi connectivity index (χ0) is 28.0. The molecule has 216 valence electrons. The van der Waals surface area contributed by atoms with Crippen LogP contribution in [0.5, 0.6) is 0 Å². The third-order valence-electron chi connectivity index (χ3n) is 7.36. The number of hydrogen-bond donors (Lipinski definition) is 2. The lowest BCUT2D eigenvalue weighted by molar-refractivity contribution is 0.483. The SMILES string of the molecule is CCCCCCCCCCc1cc(S(=O)(=O)O)c2c(S(=O)(=O)O)ccc(CCCCCCCCCC)c2c1. The fourth-order valence-electron chi connectivity index (χ4n) is 5.22. The minimum atomic E-state index is -4.72. The van der Waals surface area contributed by atoms with Gasteiger partial charge in [0.1, 0.15) is 9.79 Å². The quantitative estimate of drug-likeness (QED) is 0.122. The van der Waals surface area contributed by atoms with Crippen LogP contribution < -0.4 is 0 Å². The molecule has 0 unspecified atom stereocenters. The molecule has 0 aliphatic rings. The first-order valence-electron chi connectivity index (χ1n) is 14.6. The standard InChI is InChI=1S/C30H48O6S2/c1-3-5-7-9-11-13-15-17-19-25-23-27-26(20-18-16-14-12-10-8-6-4-2)21-22-28(37(31,32)33)30(27)29(24-25)38(34,35)36/h21-24H,3-20H2,1-2H3,(H,31,32,33)(H,34,35,36). The zero-order valence-electron chi connectivity index (χ0n) is 23.4. The highest BCUT2D eigenvalue weighted by Crippen LogP contribution is 2.34. The molecule has 8 heteroatoms. The van der Waals surface area contributed by atoms with E-state index in [-0.39, 0.29) is 5.39 Å². The van der Waals surface area contributed by atoms with E-state index in [1.54, 1.807) is 6.07 Å². The molecule has 38 heavy (non-hydrogen) atoms. The first-order chi connectivity index (χ1) is 18.1. The predicted molar refractivity (Wildman–Crippen MR) is 156 cm³/mol. The van der Waals surface area contributed by atoms with Gasteiger partial charge < -0.3 is 0 Å². The highest BCUT2D eigenvalue weighted by atomic mass is 32.2. The zero-order valence-corrected chi connectivity index (χ0v) is 25.0. The minimum Gasteiger partial charge on any atom is -0.282 e. The van der Waals surface area contributed by atoms with Crippen molar-refractivity contribution >= 4 is 31.0 Å². The summed E-state index contributed by atoms with van der Waals surface area (Å²) in [5.74, 6) is 0. The molecule has 0 aliphatic heterocycles. The van der Waals surface area contributed by atoms with Crippen molar-refractivity contribution in [2.45, 2.75) is 139 Å². The summed E-state index contributed by atoms with van der Waals surface area (Å²) < 4.78 is 68.9. The first-order valence-corrected chi connectivity index (χ1v) is 17.5. The van der Waals surface area contributed by atoms with Gasteiger partial charge in [-0.1, -0.05) is 116 Å². The molecule has 0 spiro atoms. The maximum Gasteiger partial charge on any atom is 0.295 e. The lowest BCUT2D eigenvalue weighted by Gasteiger charge is -2.15. The molecule has 0 fully saturated rings. The lowest BCUT2D eigenvalue weighted by atomic mass is 9.95. The van der Waals surface area contributed by atoms with Crippen molar-refractivity contribution < 1.29 is 25.9 Å². The Bertz CT molecular complexity index is 1200. The van der Waals surface area contributed by atoms with Gasteiger partial charge in [0.25, 0.3) is 20.2 Å². The van der Waals surface area contributed by atoms with Crippen molar-refractivity contribution in [2.24, 2.45) is 0 Å². The monoisotopic (exact) mass is 568 g/mol. The van der Waals surface area contributed by atoms with E-state index in [4.69, 9.17) is 0 Å². The van der Waals surface area contributed by atoms with Crippen molar-refractivity contribution in [3.05, 3.63) is 35.4 Å². The van der Waals surface area contributed by atoms with E-state index in [0.717, 1.165) is 49.7 Å². The predicted octanol–water partition coefficient (Wildman–Crippen LogP) is 8.70. The number of hydrogen-bond acceptors (Lipinski definition) is 4. The third kappa shape index (κ3) is 10.9. The molecule has 0 saturated carbocycles. The van der Waals surface area contributed by atoms with Crippen LogP contribution in [-0.2, 0) is 33.1 Å². The normalized spacial score (nSPS) is 12.4. The number of fused-ring (bicyclic) bond motifs is 1. The van der Waals surface area contributed by atoms with Crippen LogP contribution in [0.25, 0.3) is 10.8 Å². The number of unbranched alkanes of at least 4 members (excludes halogenated alkanes) is 14. The van der Waals surface area contributed by atoms with Gasteiger partial charge in [0.2, 0.25) is 0 Å². The van der Waals surface area contributed by atoms with E-state index in [0.29, 0.717) is 18.2 Å². The van der Waals surface area contributed by atoms with Gasteiger partial charge in [-0.15, -0.1) is 0 Å². The minimum absolute atomic E-state index is 0.119. The third-order valence-corrected chi connectivity index (χ3v) is 9.14. The largest absolute Gasteiger partial charge is 0.295 e. The van der Waals surface area contributed by atoms with Crippen LogP contribution in [-0.4, -0.2) is 25.9 Å². The molecular formula is C30H48O6S2. The maximum absolute atomic E-state index is 12.4. The summed E-state index contributed by atoms with van der Waals surface area (Å²) in [5, 5.41) is 0.361. The summed E-state index contributed by atoms with van der Waals surface area (Å²) in [6.07, 6.45) is 19.8. The second-order valence-corrected chi connectivity index (χ2v) is 13.4. The Hall–Kier alpha value is -1.48. The van der Waals surface area contributed by atoms with Crippen LogP contribution >= 0.6 is 0 Å². The van der Waals surface area contributed by atoms with Gasteiger partial charge in [-0.3, -0.25) is 9.11 Å². The fourth-order valence-corrected chi connectivity index (χ4v) is 6.78. The van der Waals surface area contributed by atoms with Gasteiger partial charge in [-0.2, -0.15) is 16.8 Å².